The summed E-state index contributed by atoms with van der Waals surface area (Å²) in [6.07, 6.45) is 0. The van der Waals surface area contributed by atoms with Gasteiger partial charge in [-0.05, 0) is 56.3 Å². The Morgan fingerprint density at radius 1 is 1.15 bits per heavy atom. The van der Waals surface area contributed by atoms with E-state index in [4.69, 9.17) is 0 Å². The maximum absolute atomic E-state index is 12.2. The molecule has 2 aromatic carbocycles. The molecule has 3 rings (SSSR count). The minimum atomic E-state index is -0.168. The van der Waals surface area contributed by atoms with E-state index in [1.54, 1.807) is 12.1 Å². The van der Waals surface area contributed by atoms with Crippen LogP contribution in [0.5, 0.6) is 0 Å². The van der Waals surface area contributed by atoms with Crippen LogP contribution < -0.4 is 10.9 Å². The van der Waals surface area contributed by atoms with Gasteiger partial charge in [-0.1, -0.05) is 18.2 Å². The van der Waals surface area contributed by atoms with E-state index in [0.29, 0.717) is 23.3 Å². The van der Waals surface area contributed by atoms with E-state index in [9.17, 15) is 9.59 Å². The molecule has 0 aliphatic carbocycles. The fourth-order valence-electron chi connectivity index (χ4n) is 2.79. The van der Waals surface area contributed by atoms with E-state index < -0.39 is 0 Å². The summed E-state index contributed by atoms with van der Waals surface area (Å²) in [5, 5.41) is 3.46. The van der Waals surface area contributed by atoms with E-state index in [1.807, 2.05) is 56.1 Å². The first-order valence-corrected chi connectivity index (χ1v) is 8.46. The highest BCUT2D eigenvalue weighted by Gasteiger charge is 2.10. The first-order valence-electron chi connectivity index (χ1n) is 8.46. The number of fused-ring (bicyclic) bond motifs is 1. The Morgan fingerprint density at radius 3 is 2.69 bits per heavy atom. The Morgan fingerprint density at radius 2 is 1.92 bits per heavy atom. The lowest BCUT2D eigenvalue weighted by molar-refractivity contribution is -0.117. The number of nitrogens with one attached hydrogen (secondary N) is 2. The largest absolute Gasteiger partial charge is 0.325 e. The summed E-state index contributed by atoms with van der Waals surface area (Å²) in [6.45, 7) is 4.62. The van der Waals surface area contributed by atoms with Crippen LogP contribution in [0.3, 0.4) is 0 Å². The van der Waals surface area contributed by atoms with Crippen LogP contribution in [0.15, 0.2) is 47.3 Å². The van der Waals surface area contributed by atoms with Crippen LogP contribution in [0.2, 0.25) is 0 Å². The number of para-hydroxylation sites is 1. The molecule has 134 valence electrons. The molecule has 0 atom stereocenters. The molecule has 0 unspecified atom stereocenters. The van der Waals surface area contributed by atoms with Gasteiger partial charge in [-0.25, -0.2) is 4.98 Å². The Labute approximate surface area is 151 Å². The van der Waals surface area contributed by atoms with Crippen molar-refractivity contribution in [2.24, 2.45) is 0 Å². The molecule has 1 heterocycles. The Kier molecular flexibility index (Phi) is 5.14. The van der Waals surface area contributed by atoms with Crippen LogP contribution in [-0.2, 0) is 11.3 Å². The molecular formula is C20H22N4O2. The third-order valence-electron chi connectivity index (χ3n) is 4.29. The van der Waals surface area contributed by atoms with E-state index >= 15 is 0 Å². The summed E-state index contributed by atoms with van der Waals surface area (Å²) in [5.74, 6) is 0.425. The number of aryl methyl sites for hydroxylation is 2. The number of H-pyrrole nitrogens is 1. The zero-order valence-electron chi connectivity index (χ0n) is 15.2. The number of rotatable bonds is 5. The van der Waals surface area contributed by atoms with Crippen LogP contribution in [0.1, 0.15) is 17.0 Å². The van der Waals surface area contributed by atoms with Crippen LogP contribution in [0.4, 0.5) is 5.69 Å². The summed E-state index contributed by atoms with van der Waals surface area (Å²) in [6, 6.07) is 13.0. The number of likely N-dealkylation sites (N-methyl/N-ethyl adjacent to an activating group) is 1. The number of aromatic amines is 1. The molecule has 0 aliphatic rings. The zero-order chi connectivity index (χ0) is 18.7. The van der Waals surface area contributed by atoms with Gasteiger partial charge in [-0.2, -0.15) is 0 Å². The lowest BCUT2D eigenvalue weighted by Gasteiger charge is -2.16. The third-order valence-corrected chi connectivity index (χ3v) is 4.29. The fraction of sp³-hybridized carbons (Fsp3) is 0.250. The molecular weight excluding hydrogens is 328 g/mol. The van der Waals surface area contributed by atoms with Crippen molar-refractivity contribution in [1.29, 1.82) is 0 Å². The molecule has 1 aromatic heterocycles. The Balaban J connectivity index is 1.64. The average molecular weight is 350 g/mol. The summed E-state index contributed by atoms with van der Waals surface area (Å²) in [5.41, 5.74) is 3.59. The van der Waals surface area contributed by atoms with Crippen molar-refractivity contribution in [2.45, 2.75) is 20.4 Å². The molecule has 0 spiro atoms. The number of carbonyl (C=O) groups is 1. The SMILES string of the molecule is Cc1ccc(NC(=O)CN(C)Cc2nc3ccccc3c(=O)[nH]2)cc1C. The molecule has 2 N–H and O–H groups in total. The summed E-state index contributed by atoms with van der Waals surface area (Å²) < 4.78 is 0. The molecule has 0 saturated heterocycles. The lowest BCUT2D eigenvalue weighted by atomic mass is 10.1. The van der Waals surface area contributed by atoms with E-state index in [0.717, 1.165) is 11.3 Å². The van der Waals surface area contributed by atoms with Crippen LogP contribution >= 0.6 is 0 Å². The number of anilines is 1. The molecule has 0 saturated carbocycles. The van der Waals surface area contributed by atoms with E-state index in [-0.39, 0.29) is 18.0 Å². The predicted octanol–water partition coefficient (Wildman–Crippen LogP) is 2.61. The normalized spacial score (nSPS) is 11.1. The molecule has 0 radical (unpaired) electrons. The summed E-state index contributed by atoms with van der Waals surface area (Å²) in [7, 11) is 1.81. The Bertz CT molecular complexity index is 1010. The van der Waals surface area contributed by atoms with Gasteiger partial charge in [-0.3, -0.25) is 14.5 Å². The zero-order valence-corrected chi connectivity index (χ0v) is 15.2. The number of hydrogen-bond acceptors (Lipinski definition) is 4. The van der Waals surface area contributed by atoms with Crippen molar-refractivity contribution >= 4 is 22.5 Å². The standard InChI is InChI=1S/C20H22N4O2/c1-13-8-9-15(10-14(13)2)21-19(25)12-24(3)11-18-22-17-7-5-4-6-16(17)20(26)23-18/h4-10H,11-12H2,1-3H3,(H,21,25)(H,22,23,26). The third kappa shape index (κ3) is 4.15. The van der Waals surface area contributed by atoms with Gasteiger partial charge < -0.3 is 10.3 Å². The molecule has 3 aromatic rings. The second kappa shape index (κ2) is 7.49. The predicted molar refractivity (Wildman–Crippen MR) is 103 cm³/mol. The average Bonchev–Trinajstić information content (AvgIpc) is 2.58. The van der Waals surface area contributed by atoms with Crippen molar-refractivity contribution in [2.75, 3.05) is 18.9 Å². The van der Waals surface area contributed by atoms with Gasteiger partial charge in [0.1, 0.15) is 5.82 Å². The highest BCUT2D eigenvalue weighted by atomic mass is 16.2. The van der Waals surface area contributed by atoms with Gasteiger partial charge in [-0.15, -0.1) is 0 Å². The number of carbonyl (C=O) groups excluding carboxylic acids is 1. The topological polar surface area (TPSA) is 78.1 Å². The van der Waals surface area contributed by atoms with Gasteiger partial charge in [0.25, 0.3) is 5.56 Å². The summed E-state index contributed by atoms with van der Waals surface area (Å²) in [4.78, 5) is 33.4. The summed E-state index contributed by atoms with van der Waals surface area (Å²) >= 11 is 0. The van der Waals surface area contributed by atoms with Crippen LogP contribution in [-0.4, -0.2) is 34.4 Å². The van der Waals surface area contributed by atoms with Gasteiger partial charge in [0, 0.05) is 5.69 Å². The monoisotopic (exact) mass is 350 g/mol. The van der Waals surface area contributed by atoms with Crippen LogP contribution in [0.25, 0.3) is 10.9 Å². The highest BCUT2D eigenvalue weighted by molar-refractivity contribution is 5.92. The quantitative estimate of drug-likeness (QED) is 0.741. The van der Waals surface area contributed by atoms with Crippen molar-refractivity contribution in [3.63, 3.8) is 0 Å². The maximum atomic E-state index is 12.2. The molecule has 6 heteroatoms. The second-order valence-electron chi connectivity index (χ2n) is 6.55. The lowest BCUT2D eigenvalue weighted by Crippen LogP contribution is -2.31. The minimum absolute atomic E-state index is 0.112. The first kappa shape index (κ1) is 17.8. The van der Waals surface area contributed by atoms with Crippen molar-refractivity contribution in [3.8, 4) is 0 Å². The molecule has 26 heavy (non-hydrogen) atoms. The molecule has 0 bridgehead atoms. The minimum Gasteiger partial charge on any atom is -0.325 e. The molecule has 6 nitrogen and oxygen atoms in total. The second-order valence-corrected chi connectivity index (χ2v) is 6.55. The van der Waals surface area contributed by atoms with E-state index in [2.05, 4.69) is 15.3 Å². The van der Waals surface area contributed by atoms with Gasteiger partial charge in [0.05, 0.1) is 24.0 Å². The van der Waals surface area contributed by atoms with Gasteiger partial charge in [0.15, 0.2) is 0 Å². The maximum Gasteiger partial charge on any atom is 0.258 e. The number of aromatic nitrogens is 2. The van der Waals surface area contributed by atoms with Crippen molar-refractivity contribution in [1.82, 2.24) is 14.9 Å². The number of benzene rings is 2. The Hall–Kier alpha value is -2.99. The molecule has 0 aliphatic heterocycles. The smallest absolute Gasteiger partial charge is 0.258 e. The first-order chi connectivity index (χ1) is 12.4. The van der Waals surface area contributed by atoms with Gasteiger partial charge >= 0.3 is 0 Å². The van der Waals surface area contributed by atoms with Crippen molar-refractivity contribution < 1.29 is 4.79 Å². The van der Waals surface area contributed by atoms with Crippen LogP contribution in [0, 0.1) is 13.8 Å². The number of hydrogen-bond donors (Lipinski definition) is 2. The van der Waals surface area contributed by atoms with Crippen molar-refractivity contribution in [3.05, 3.63) is 69.8 Å². The number of nitrogens with zero attached hydrogens (tertiary/aromatic N) is 2. The molecule has 1 amide bonds. The fourth-order valence-corrected chi connectivity index (χ4v) is 2.79. The number of amides is 1. The molecule has 0 fully saturated rings. The van der Waals surface area contributed by atoms with Gasteiger partial charge in [0.2, 0.25) is 5.91 Å². The highest BCUT2D eigenvalue weighted by Crippen LogP contribution is 2.14. The van der Waals surface area contributed by atoms with E-state index in [1.165, 1.54) is 5.56 Å².